The quantitative estimate of drug-likeness (QED) is 0.817. The molecule has 2 aromatic rings. The number of aromatic nitrogens is 1. The largest absolute Gasteiger partial charge is 0.399 e. The summed E-state index contributed by atoms with van der Waals surface area (Å²) in [5, 5.41) is 0. The van der Waals surface area contributed by atoms with Crippen LogP contribution in [0.25, 0.3) is 0 Å². The molecule has 1 heterocycles. The van der Waals surface area contributed by atoms with Gasteiger partial charge in [0, 0.05) is 24.0 Å². The van der Waals surface area contributed by atoms with Crippen LogP contribution in [0, 0.1) is 6.92 Å². The lowest BCUT2D eigenvalue weighted by atomic mass is 10.1. The maximum absolute atomic E-state index is 11.8. The lowest BCUT2D eigenvalue weighted by Gasteiger charge is -2.08. The summed E-state index contributed by atoms with van der Waals surface area (Å²) < 4.78 is 1.72. The van der Waals surface area contributed by atoms with E-state index in [1.807, 2.05) is 49.5 Å². The number of nitrogens with zero attached hydrogens (tertiary/aromatic N) is 1. The van der Waals surface area contributed by atoms with E-state index in [9.17, 15) is 4.79 Å². The van der Waals surface area contributed by atoms with E-state index in [4.69, 9.17) is 5.73 Å². The number of hydrogen-bond donors (Lipinski definition) is 1. The summed E-state index contributed by atoms with van der Waals surface area (Å²) in [7, 11) is 0. The van der Waals surface area contributed by atoms with E-state index in [0.717, 1.165) is 23.2 Å². The van der Waals surface area contributed by atoms with Crippen LogP contribution in [0.1, 0.15) is 11.1 Å². The molecular formula is C14H16N2O. The second kappa shape index (κ2) is 4.87. The first-order valence-corrected chi connectivity index (χ1v) is 5.68. The van der Waals surface area contributed by atoms with Crippen molar-refractivity contribution in [3.63, 3.8) is 0 Å². The topological polar surface area (TPSA) is 48.0 Å². The Morgan fingerprint density at radius 2 is 1.94 bits per heavy atom. The Balaban J connectivity index is 2.16. The van der Waals surface area contributed by atoms with Crippen LogP contribution in [0.15, 0.2) is 47.4 Å². The van der Waals surface area contributed by atoms with Crippen LogP contribution in [0.4, 0.5) is 5.69 Å². The smallest absolute Gasteiger partial charge is 0.253 e. The highest BCUT2D eigenvalue weighted by molar-refractivity contribution is 5.46. The van der Waals surface area contributed by atoms with Crippen molar-refractivity contribution in [3.8, 4) is 0 Å². The summed E-state index contributed by atoms with van der Waals surface area (Å²) >= 11 is 0. The van der Waals surface area contributed by atoms with Crippen molar-refractivity contribution in [2.75, 3.05) is 5.73 Å². The van der Waals surface area contributed by atoms with Crippen molar-refractivity contribution < 1.29 is 0 Å². The zero-order chi connectivity index (χ0) is 12.3. The minimum Gasteiger partial charge on any atom is -0.399 e. The molecule has 0 atom stereocenters. The molecule has 0 unspecified atom stereocenters. The van der Waals surface area contributed by atoms with Gasteiger partial charge >= 0.3 is 0 Å². The third-order valence-electron chi connectivity index (χ3n) is 2.89. The first kappa shape index (κ1) is 11.5. The molecule has 2 N–H and O–H groups in total. The van der Waals surface area contributed by atoms with Gasteiger partial charge in [0.15, 0.2) is 0 Å². The van der Waals surface area contributed by atoms with Gasteiger partial charge in [0.1, 0.15) is 0 Å². The van der Waals surface area contributed by atoms with E-state index in [0.29, 0.717) is 6.54 Å². The summed E-state index contributed by atoms with van der Waals surface area (Å²) in [6, 6.07) is 11.5. The van der Waals surface area contributed by atoms with Gasteiger partial charge in [-0.25, -0.2) is 0 Å². The first-order valence-electron chi connectivity index (χ1n) is 5.68. The molecule has 88 valence electrons. The van der Waals surface area contributed by atoms with E-state index in [2.05, 4.69) is 0 Å². The van der Waals surface area contributed by atoms with Gasteiger partial charge in [-0.2, -0.15) is 0 Å². The normalized spacial score (nSPS) is 10.4. The maximum Gasteiger partial charge on any atom is 0.253 e. The Bertz CT molecular complexity index is 572. The number of hydrogen-bond acceptors (Lipinski definition) is 2. The summed E-state index contributed by atoms with van der Waals surface area (Å²) in [4.78, 5) is 11.8. The monoisotopic (exact) mass is 228 g/mol. The van der Waals surface area contributed by atoms with Gasteiger partial charge in [-0.05, 0) is 31.0 Å². The number of aryl methyl sites for hydroxylation is 3. The number of benzene rings is 1. The predicted molar refractivity (Wildman–Crippen MR) is 70.0 cm³/mol. The van der Waals surface area contributed by atoms with Crippen molar-refractivity contribution in [1.82, 2.24) is 4.57 Å². The molecule has 0 spiro atoms. The zero-order valence-corrected chi connectivity index (χ0v) is 9.89. The average molecular weight is 228 g/mol. The van der Waals surface area contributed by atoms with E-state index in [1.165, 1.54) is 0 Å². The van der Waals surface area contributed by atoms with Crippen LogP contribution >= 0.6 is 0 Å². The van der Waals surface area contributed by atoms with Crippen LogP contribution in [-0.4, -0.2) is 4.57 Å². The molecule has 0 aliphatic carbocycles. The molecule has 0 fully saturated rings. The number of anilines is 1. The molecule has 0 aliphatic heterocycles. The number of pyridine rings is 1. The molecule has 1 aromatic heterocycles. The summed E-state index contributed by atoms with van der Waals surface area (Å²) in [6.45, 7) is 2.49. The molecule has 0 bridgehead atoms. The standard InChI is InChI=1S/C14H16N2O/c1-11-5-4-9-16(14(11)17)10-8-12-6-2-3-7-13(12)15/h2-7,9H,8,10,15H2,1H3. The van der Waals surface area contributed by atoms with Gasteiger partial charge in [-0.15, -0.1) is 0 Å². The second-order valence-corrected chi connectivity index (χ2v) is 4.14. The van der Waals surface area contributed by atoms with Crippen LogP contribution in [0.3, 0.4) is 0 Å². The summed E-state index contributed by atoms with van der Waals surface area (Å²) in [5.74, 6) is 0. The van der Waals surface area contributed by atoms with Crippen molar-refractivity contribution >= 4 is 5.69 Å². The molecule has 0 amide bonds. The highest BCUT2D eigenvalue weighted by atomic mass is 16.1. The maximum atomic E-state index is 11.8. The minimum atomic E-state index is 0.0713. The van der Waals surface area contributed by atoms with Crippen molar-refractivity contribution in [2.24, 2.45) is 0 Å². The highest BCUT2D eigenvalue weighted by Gasteiger charge is 2.01. The van der Waals surface area contributed by atoms with Gasteiger partial charge in [0.25, 0.3) is 5.56 Å². The van der Waals surface area contributed by atoms with Crippen LogP contribution in [0.5, 0.6) is 0 Å². The Morgan fingerprint density at radius 3 is 2.71 bits per heavy atom. The van der Waals surface area contributed by atoms with Gasteiger partial charge in [0.2, 0.25) is 0 Å². The molecule has 3 heteroatoms. The summed E-state index contributed by atoms with van der Waals surface area (Å²) in [6.07, 6.45) is 2.59. The molecule has 2 rings (SSSR count). The van der Waals surface area contributed by atoms with Crippen molar-refractivity contribution in [2.45, 2.75) is 19.9 Å². The van der Waals surface area contributed by atoms with Crippen molar-refractivity contribution in [1.29, 1.82) is 0 Å². The molecule has 0 saturated carbocycles. The Hall–Kier alpha value is -2.03. The van der Waals surface area contributed by atoms with Crippen LogP contribution < -0.4 is 11.3 Å². The zero-order valence-electron chi connectivity index (χ0n) is 9.89. The minimum absolute atomic E-state index is 0.0713. The van der Waals surface area contributed by atoms with E-state index in [1.54, 1.807) is 4.57 Å². The average Bonchev–Trinajstić information content (AvgIpc) is 2.33. The van der Waals surface area contributed by atoms with Gasteiger partial charge in [-0.1, -0.05) is 24.3 Å². The van der Waals surface area contributed by atoms with Crippen LogP contribution in [-0.2, 0) is 13.0 Å². The Morgan fingerprint density at radius 1 is 1.18 bits per heavy atom. The third-order valence-corrected chi connectivity index (χ3v) is 2.89. The molecule has 0 aliphatic rings. The molecule has 0 radical (unpaired) electrons. The Labute approximate surface area is 101 Å². The predicted octanol–water partition coefficient (Wildman–Crippen LogP) is 1.98. The van der Waals surface area contributed by atoms with E-state index < -0.39 is 0 Å². The van der Waals surface area contributed by atoms with Gasteiger partial charge < -0.3 is 10.3 Å². The lowest BCUT2D eigenvalue weighted by molar-refractivity contribution is 0.666. The number of nitrogen functional groups attached to an aromatic ring is 1. The molecule has 3 nitrogen and oxygen atoms in total. The highest BCUT2D eigenvalue weighted by Crippen LogP contribution is 2.11. The molecule has 17 heavy (non-hydrogen) atoms. The van der Waals surface area contributed by atoms with E-state index >= 15 is 0 Å². The fraction of sp³-hybridized carbons (Fsp3) is 0.214. The van der Waals surface area contributed by atoms with Gasteiger partial charge in [-0.3, -0.25) is 4.79 Å². The fourth-order valence-corrected chi connectivity index (χ4v) is 1.84. The molecule has 0 saturated heterocycles. The lowest BCUT2D eigenvalue weighted by Crippen LogP contribution is -2.22. The van der Waals surface area contributed by atoms with Crippen LogP contribution in [0.2, 0.25) is 0 Å². The second-order valence-electron chi connectivity index (χ2n) is 4.14. The summed E-state index contributed by atoms with van der Waals surface area (Å²) in [5.41, 5.74) is 8.58. The number of nitrogens with two attached hydrogens (primary N) is 1. The fourth-order valence-electron chi connectivity index (χ4n) is 1.84. The number of rotatable bonds is 3. The molecular weight excluding hydrogens is 212 g/mol. The van der Waals surface area contributed by atoms with Crippen molar-refractivity contribution in [3.05, 3.63) is 64.1 Å². The van der Waals surface area contributed by atoms with E-state index in [-0.39, 0.29) is 5.56 Å². The Kier molecular flexibility index (Phi) is 3.28. The molecule has 1 aromatic carbocycles. The third kappa shape index (κ3) is 2.56. The van der Waals surface area contributed by atoms with Gasteiger partial charge in [0.05, 0.1) is 0 Å². The first-order chi connectivity index (χ1) is 8.18. The number of para-hydroxylation sites is 1. The SMILES string of the molecule is Cc1cccn(CCc2ccccc2N)c1=O.